The topological polar surface area (TPSA) is 75.6 Å². The van der Waals surface area contributed by atoms with Gasteiger partial charge >= 0.3 is 5.97 Å². The molecule has 1 amide bonds. The second-order valence-electron chi connectivity index (χ2n) is 4.81. The number of ether oxygens (including phenoxy) is 1. The Morgan fingerprint density at radius 1 is 1.37 bits per heavy atom. The summed E-state index contributed by atoms with van der Waals surface area (Å²) in [4.78, 5) is 22.4. The second-order valence-corrected chi connectivity index (χ2v) is 4.81. The molecule has 2 rings (SSSR count). The summed E-state index contributed by atoms with van der Waals surface area (Å²) in [5.74, 6) is -0.0458. The Balaban J connectivity index is 1.89. The molecule has 1 saturated carbocycles. The molecule has 1 aromatic rings. The van der Waals surface area contributed by atoms with Crippen molar-refractivity contribution >= 4 is 11.9 Å². The van der Waals surface area contributed by atoms with Gasteiger partial charge in [-0.15, -0.1) is 0 Å². The van der Waals surface area contributed by atoms with Gasteiger partial charge in [-0.1, -0.05) is 0 Å². The number of amides is 1. The van der Waals surface area contributed by atoms with Gasteiger partial charge in [0.1, 0.15) is 11.8 Å². The Kier molecular flexibility index (Phi) is 4.04. The Hall–Kier alpha value is -2.04. The molecule has 1 aliphatic carbocycles. The molecule has 5 nitrogen and oxygen atoms in total. The fourth-order valence-electron chi connectivity index (χ4n) is 1.54. The molecule has 0 heterocycles. The van der Waals surface area contributed by atoms with E-state index in [0.29, 0.717) is 11.5 Å². The van der Waals surface area contributed by atoms with Gasteiger partial charge < -0.3 is 15.2 Å². The molecule has 1 aromatic carbocycles. The maximum Gasteiger partial charge on any atom is 0.325 e. The van der Waals surface area contributed by atoms with Crippen molar-refractivity contribution in [2.45, 2.75) is 25.8 Å². The van der Waals surface area contributed by atoms with Crippen molar-refractivity contribution in [3.63, 3.8) is 0 Å². The van der Waals surface area contributed by atoms with Crippen molar-refractivity contribution in [3.05, 3.63) is 29.8 Å². The highest BCUT2D eigenvalue weighted by atomic mass is 16.5. The minimum Gasteiger partial charge on any atom is -0.493 e. The van der Waals surface area contributed by atoms with E-state index in [0.717, 1.165) is 12.4 Å². The van der Waals surface area contributed by atoms with Crippen LogP contribution in [0.5, 0.6) is 5.75 Å². The van der Waals surface area contributed by atoms with Crippen molar-refractivity contribution < 1.29 is 19.4 Å². The Morgan fingerprint density at radius 3 is 2.53 bits per heavy atom. The Bertz CT molecular complexity index is 465. The van der Waals surface area contributed by atoms with Crippen LogP contribution in [0.4, 0.5) is 0 Å². The van der Waals surface area contributed by atoms with Crippen LogP contribution in [-0.4, -0.2) is 29.6 Å². The highest BCUT2D eigenvalue weighted by molar-refractivity contribution is 5.96. The average Bonchev–Trinajstić information content (AvgIpc) is 3.20. The molecule has 0 aliphatic heterocycles. The van der Waals surface area contributed by atoms with Crippen LogP contribution in [0.25, 0.3) is 0 Å². The minimum atomic E-state index is -1.06. The van der Waals surface area contributed by atoms with Crippen molar-refractivity contribution in [3.8, 4) is 5.75 Å². The summed E-state index contributed by atoms with van der Waals surface area (Å²) < 4.78 is 5.56. The largest absolute Gasteiger partial charge is 0.493 e. The third kappa shape index (κ3) is 3.98. The number of nitrogens with one attached hydrogen (secondary N) is 1. The fourth-order valence-corrected chi connectivity index (χ4v) is 1.54. The highest BCUT2D eigenvalue weighted by Crippen LogP contribution is 2.29. The molecular weight excluding hydrogens is 246 g/mol. The normalized spacial score (nSPS) is 15.6. The van der Waals surface area contributed by atoms with Gasteiger partial charge in [0.2, 0.25) is 0 Å². The van der Waals surface area contributed by atoms with Gasteiger partial charge in [0, 0.05) is 5.56 Å². The summed E-state index contributed by atoms with van der Waals surface area (Å²) in [7, 11) is 0. The summed E-state index contributed by atoms with van der Waals surface area (Å²) in [5.41, 5.74) is 0.423. The quantitative estimate of drug-likeness (QED) is 0.818. The number of aliphatic carboxylic acids is 1. The Labute approximate surface area is 111 Å². The zero-order valence-electron chi connectivity index (χ0n) is 10.8. The number of carbonyl (C=O) groups excluding carboxylic acids is 1. The van der Waals surface area contributed by atoms with Crippen LogP contribution in [-0.2, 0) is 4.79 Å². The zero-order chi connectivity index (χ0) is 13.8. The van der Waals surface area contributed by atoms with Crippen LogP contribution in [0, 0.1) is 5.92 Å². The predicted molar refractivity (Wildman–Crippen MR) is 69.2 cm³/mol. The molecule has 0 aromatic heterocycles. The van der Waals surface area contributed by atoms with Crippen LogP contribution < -0.4 is 10.1 Å². The molecule has 1 aliphatic rings. The smallest absolute Gasteiger partial charge is 0.325 e. The first-order valence-corrected chi connectivity index (χ1v) is 6.33. The van der Waals surface area contributed by atoms with Gasteiger partial charge in [-0.2, -0.15) is 0 Å². The third-order valence-corrected chi connectivity index (χ3v) is 3.02. The van der Waals surface area contributed by atoms with Gasteiger partial charge in [0.05, 0.1) is 6.61 Å². The van der Waals surface area contributed by atoms with Gasteiger partial charge in [0.25, 0.3) is 5.91 Å². The van der Waals surface area contributed by atoms with E-state index in [-0.39, 0.29) is 0 Å². The summed E-state index contributed by atoms with van der Waals surface area (Å²) >= 11 is 0. The number of rotatable bonds is 6. The van der Waals surface area contributed by atoms with Crippen LogP contribution in [0.2, 0.25) is 0 Å². The van der Waals surface area contributed by atoms with Crippen LogP contribution in [0.15, 0.2) is 24.3 Å². The number of benzene rings is 1. The van der Waals surface area contributed by atoms with Crippen LogP contribution in [0.3, 0.4) is 0 Å². The van der Waals surface area contributed by atoms with E-state index in [1.807, 2.05) is 0 Å². The fraction of sp³-hybridized carbons (Fsp3) is 0.429. The maximum atomic E-state index is 11.7. The third-order valence-electron chi connectivity index (χ3n) is 3.02. The summed E-state index contributed by atoms with van der Waals surface area (Å²) in [5, 5.41) is 11.1. The maximum absolute atomic E-state index is 11.7. The van der Waals surface area contributed by atoms with Gasteiger partial charge in [-0.3, -0.25) is 9.59 Å². The van der Waals surface area contributed by atoms with Crippen molar-refractivity contribution in [1.29, 1.82) is 0 Å². The van der Waals surface area contributed by atoms with E-state index in [9.17, 15) is 9.59 Å². The summed E-state index contributed by atoms with van der Waals surface area (Å²) in [6.45, 7) is 2.15. The molecule has 0 spiro atoms. The molecule has 1 atom stereocenters. The van der Waals surface area contributed by atoms with E-state index in [2.05, 4.69) is 5.32 Å². The van der Waals surface area contributed by atoms with Crippen molar-refractivity contribution in [2.24, 2.45) is 5.92 Å². The predicted octanol–water partition coefficient (Wildman–Crippen LogP) is 1.68. The van der Waals surface area contributed by atoms with E-state index in [1.54, 1.807) is 24.3 Å². The lowest BCUT2D eigenvalue weighted by Gasteiger charge is -2.10. The minimum absolute atomic E-state index is 0.399. The van der Waals surface area contributed by atoms with Gasteiger partial charge in [-0.05, 0) is 49.9 Å². The van der Waals surface area contributed by atoms with Gasteiger partial charge in [0.15, 0.2) is 0 Å². The number of hydrogen-bond acceptors (Lipinski definition) is 3. The summed E-state index contributed by atoms with van der Waals surface area (Å²) in [6, 6.07) is 5.81. The molecule has 0 bridgehead atoms. The van der Waals surface area contributed by atoms with Crippen LogP contribution in [0.1, 0.15) is 30.1 Å². The molecule has 0 unspecified atom stereocenters. The lowest BCUT2D eigenvalue weighted by molar-refractivity contribution is -0.138. The van der Waals surface area contributed by atoms with Gasteiger partial charge in [-0.25, -0.2) is 0 Å². The van der Waals surface area contributed by atoms with Crippen LogP contribution >= 0.6 is 0 Å². The van der Waals surface area contributed by atoms with E-state index >= 15 is 0 Å². The molecule has 0 radical (unpaired) electrons. The first kappa shape index (κ1) is 13.4. The number of carbonyl (C=O) groups is 2. The Morgan fingerprint density at radius 2 is 2.00 bits per heavy atom. The molecule has 19 heavy (non-hydrogen) atoms. The van der Waals surface area contributed by atoms with E-state index in [4.69, 9.17) is 9.84 Å². The van der Waals surface area contributed by atoms with E-state index in [1.165, 1.54) is 19.8 Å². The number of hydrogen-bond donors (Lipinski definition) is 2. The molecule has 1 fully saturated rings. The molecule has 0 saturated heterocycles. The average molecular weight is 263 g/mol. The lowest BCUT2D eigenvalue weighted by atomic mass is 10.2. The highest BCUT2D eigenvalue weighted by Gasteiger charge is 2.22. The standard InChI is InChI=1S/C14H17NO4/c1-9(14(17)18)15-13(16)11-4-6-12(7-5-11)19-8-10-2-3-10/h4-7,9-10H,2-3,8H2,1H3,(H,15,16)(H,17,18)/t9-/m0/s1. The molecule has 2 N–H and O–H groups in total. The monoisotopic (exact) mass is 263 g/mol. The molecular formula is C14H17NO4. The zero-order valence-corrected chi connectivity index (χ0v) is 10.8. The van der Waals surface area contributed by atoms with Crippen molar-refractivity contribution in [2.75, 3.05) is 6.61 Å². The first-order valence-electron chi connectivity index (χ1n) is 6.33. The van der Waals surface area contributed by atoms with E-state index < -0.39 is 17.9 Å². The first-order chi connectivity index (χ1) is 9.06. The summed E-state index contributed by atoms with van der Waals surface area (Å²) in [6.07, 6.45) is 2.46. The van der Waals surface area contributed by atoms with Crippen molar-refractivity contribution in [1.82, 2.24) is 5.32 Å². The SMILES string of the molecule is C[C@H](NC(=O)c1ccc(OCC2CC2)cc1)C(=O)O. The second kappa shape index (κ2) is 5.73. The number of carboxylic acid groups (broad SMARTS) is 1. The number of carboxylic acids is 1. The lowest BCUT2D eigenvalue weighted by Crippen LogP contribution is -2.38. The molecule has 102 valence electrons. The molecule has 5 heteroatoms.